The molecule has 1 aromatic rings. The van der Waals surface area contributed by atoms with Gasteiger partial charge in [-0.05, 0) is 43.2 Å². The molecular weight excluding hydrogens is 298 g/mol. The van der Waals surface area contributed by atoms with Crippen molar-refractivity contribution < 1.29 is 18.3 Å². The highest BCUT2D eigenvalue weighted by atomic mass is 32.2. The Hall–Kier alpha value is -0.920. The summed E-state index contributed by atoms with van der Waals surface area (Å²) in [6.45, 7) is 4.12. The van der Waals surface area contributed by atoms with E-state index in [1.54, 1.807) is 6.92 Å². The molecular formula is C13H19NO4S2. The monoisotopic (exact) mass is 317 g/mol. The summed E-state index contributed by atoms with van der Waals surface area (Å²) in [5, 5.41) is 8.98. The zero-order valence-electron chi connectivity index (χ0n) is 11.6. The van der Waals surface area contributed by atoms with Gasteiger partial charge in [0.05, 0.1) is 0 Å². The van der Waals surface area contributed by atoms with Crippen molar-refractivity contribution in [3.8, 4) is 0 Å². The number of nitrogens with one attached hydrogen (secondary N) is 1. The fourth-order valence-corrected chi connectivity index (χ4v) is 5.03. The summed E-state index contributed by atoms with van der Waals surface area (Å²) in [7, 11) is -3.61. The molecule has 0 saturated heterocycles. The Balaban J connectivity index is 2.14. The number of rotatable bonds is 6. The van der Waals surface area contributed by atoms with Gasteiger partial charge in [-0.15, -0.1) is 11.3 Å². The third kappa shape index (κ3) is 2.89. The van der Waals surface area contributed by atoms with E-state index < -0.39 is 16.0 Å². The Bertz CT molecular complexity index is 609. The molecule has 1 saturated carbocycles. The molecule has 1 fully saturated rings. The zero-order valence-corrected chi connectivity index (χ0v) is 13.2. The van der Waals surface area contributed by atoms with Crippen molar-refractivity contribution in [2.24, 2.45) is 5.41 Å². The lowest BCUT2D eigenvalue weighted by Gasteiger charge is -2.41. The Kier molecular flexibility index (Phi) is 4.22. The minimum atomic E-state index is -3.61. The number of thiophene rings is 1. The summed E-state index contributed by atoms with van der Waals surface area (Å²) in [5.74, 6) is -1.09. The smallest absolute Gasteiger partial charge is 0.346 e. The average molecular weight is 317 g/mol. The molecule has 1 aliphatic carbocycles. The van der Waals surface area contributed by atoms with Crippen LogP contribution in [0.25, 0.3) is 0 Å². The minimum Gasteiger partial charge on any atom is -0.477 e. The van der Waals surface area contributed by atoms with Crippen molar-refractivity contribution in [3.05, 3.63) is 16.5 Å². The number of sulfonamides is 1. The van der Waals surface area contributed by atoms with Gasteiger partial charge in [-0.2, -0.15) is 0 Å². The Morgan fingerprint density at radius 3 is 2.55 bits per heavy atom. The van der Waals surface area contributed by atoms with E-state index in [4.69, 9.17) is 5.11 Å². The molecule has 5 nitrogen and oxygen atoms in total. The maximum absolute atomic E-state index is 12.2. The lowest BCUT2D eigenvalue weighted by atomic mass is 9.67. The fourth-order valence-electron chi connectivity index (χ4n) is 2.45. The fraction of sp³-hybridized carbons (Fsp3) is 0.615. The van der Waals surface area contributed by atoms with Gasteiger partial charge in [0, 0.05) is 6.54 Å². The first-order valence-electron chi connectivity index (χ1n) is 6.63. The van der Waals surface area contributed by atoms with Crippen LogP contribution in [0.2, 0.25) is 0 Å². The molecule has 0 spiro atoms. The molecule has 1 heterocycles. The van der Waals surface area contributed by atoms with Crippen LogP contribution in [0.1, 0.15) is 47.8 Å². The molecule has 0 bridgehead atoms. The summed E-state index contributed by atoms with van der Waals surface area (Å²) in [6, 6.07) is 1.43. The van der Waals surface area contributed by atoms with E-state index in [1.807, 2.05) is 0 Å². The zero-order chi connectivity index (χ0) is 15.0. The number of carboxylic acids is 1. The van der Waals surface area contributed by atoms with Gasteiger partial charge in [0.1, 0.15) is 9.09 Å². The molecule has 0 radical (unpaired) electrons. The van der Waals surface area contributed by atoms with Crippen LogP contribution in [-0.4, -0.2) is 26.0 Å². The third-order valence-corrected chi connectivity index (χ3v) is 7.26. The van der Waals surface area contributed by atoms with Crippen molar-refractivity contribution in [2.75, 3.05) is 6.54 Å². The summed E-state index contributed by atoms with van der Waals surface area (Å²) >= 11 is 0.808. The van der Waals surface area contributed by atoms with Crippen molar-refractivity contribution in [1.29, 1.82) is 0 Å². The van der Waals surface area contributed by atoms with Crippen LogP contribution in [0.3, 0.4) is 0 Å². The lowest BCUT2D eigenvalue weighted by Crippen LogP contribution is -2.41. The molecule has 0 amide bonds. The van der Waals surface area contributed by atoms with Gasteiger partial charge in [-0.1, -0.05) is 13.3 Å². The molecule has 2 N–H and O–H groups in total. The van der Waals surface area contributed by atoms with Crippen molar-refractivity contribution in [3.63, 3.8) is 0 Å². The van der Waals surface area contributed by atoms with Crippen LogP contribution < -0.4 is 4.72 Å². The largest absolute Gasteiger partial charge is 0.477 e. The van der Waals surface area contributed by atoms with Crippen LogP contribution in [0, 0.1) is 12.3 Å². The van der Waals surface area contributed by atoms with Crippen LogP contribution in [-0.2, 0) is 10.0 Å². The second-order valence-electron chi connectivity index (χ2n) is 5.41. The van der Waals surface area contributed by atoms with E-state index in [2.05, 4.69) is 11.6 Å². The predicted octanol–water partition coefficient (Wildman–Crippen LogP) is 2.61. The van der Waals surface area contributed by atoms with Crippen LogP contribution >= 0.6 is 11.3 Å². The van der Waals surface area contributed by atoms with Gasteiger partial charge in [0.15, 0.2) is 0 Å². The topological polar surface area (TPSA) is 83.5 Å². The van der Waals surface area contributed by atoms with E-state index in [1.165, 1.54) is 6.07 Å². The number of carbonyl (C=O) groups is 1. The first-order chi connectivity index (χ1) is 9.30. The molecule has 1 aromatic heterocycles. The summed E-state index contributed by atoms with van der Waals surface area (Å²) < 4.78 is 27.2. The molecule has 1 aliphatic rings. The number of aromatic carboxylic acids is 1. The molecule has 0 aliphatic heterocycles. The van der Waals surface area contributed by atoms with Crippen molar-refractivity contribution in [2.45, 2.75) is 43.7 Å². The van der Waals surface area contributed by atoms with Gasteiger partial charge >= 0.3 is 5.97 Å². The average Bonchev–Trinajstić information content (AvgIpc) is 2.71. The normalized spacial score (nSPS) is 17.7. The van der Waals surface area contributed by atoms with Gasteiger partial charge in [-0.25, -0.2) is 17.9 Å². The molecule has 112 valence electrons. The molecule has 20 heavy (non-hydrogen) atoms. The highest BCUT2D eigenvalue weighted by Gasteiger charge is 2.36. The lowest BCUT2D eigenvalue weighted by molar-refractivity contribution is 0.0701. The molecule has 0 unspecified atom stereocenters. The molecule has 2 rings (SSSR count). The number of aryl methyl sites for hydroxylation is 1. The summed E-state index contributed by atoms with van der Waals surface area (Å²) in [6.07, 6.45) is 4.21. The molecule has 7 heteroatoms. The van der Waals surface area contributed by atoms with E-state index >= 15 is 0 Å². The Morgan fingerprint density at radius 2 is 2.15 bits per heavy atom. The number of carboxylic acid groups (broad SMARTS) is 1. The van der Waals surface area contributed by atoms with Crippen LogP contribution in [0.15, 0.2) is 10.3 Å². The summed E-state index contributed by atoms with van der Waals surface area (Å²) in [5.41, 5.74) is 0.575. The quantitative estimate of drug-likeness (QED) is 0.845. The van der Waals surface area contributed by atoms with E-state index in [0.29, 0.717) is 12.1 Å². The standard InChI is InChI=1S/C13H19NO4S2/c1-3-13(5-4-6-13)8-14-20(17,18)10-7-9(2)11(19-10)12(15)16/h7,14H,3-6,8H2,1-2H3,(H,15,16). The number of hydrogen-bond donors (Lipinski definition) is 2. The van der Waals surface area contributed by atoms with Gasteiger partial charge in [0.2, 0.25) is 10.0 Å². The second kappa shape index (κ2) is 5.46. The highest BCUT2D eigenvalue weighted by Crippen LogP contribution is 2.43. The maximum Gasteiger partial charge on any atom is 0.346 e. The molecule has 0 aromatic carbocycles. The minimum absolute atomic E-state index is 0.0815. The predicted molar refractivity (Wildman–Crippen MR) is 77.8 cm³/mol. The van der Waals surface area contributed by atoms with Gasteiger partial charge in [0.25, 0.3) is 0 Å². The van der Waals surface area contributed by atoms with Gasteiger partial charge < -0.3 is 5.11 Å². The van der Waals surface area contributed by atoms with Gasteiger partial charge in [-0.3, -0.25) is 0 Å². The molecule has 0 atom stereocenters. The van der Waals surface area contributed by atoms with E-state index in [0.717, 1.165) is 37.0 Å². The second-order valence-corrected chi connectivity index (χ2v) is 8.46. The Labute approximate surface area is 123 Å². The van der Waals surface area contributed by atoms with Crippen molar-refractivity contribution in [1.82, 2.24) is 4.72 Å². The maximum atomic E-state index is 12.2. The first kappa shape index (κ1) is 15.5. The van der Waals surface area contributed by atoms with Crippen LogP contribution in [0.5, 0.6) is 0 Å². The van der Waals surface area contributed by atoms with E-state index in [9.17, 15) is 13.2 Å². The highest BCUT2D eigenvalue weighted by molar-refractivity contribution is 7.91. The van der Waals surface area contributed by atoms with Crippen molar-refractivity contribution >= 4 is 27.3 Å². The SMILES string of the molecule is CCC1(CNS(=O)(=O)c2cc(C)c(C(=O)O)s2)CCC1. The van der Waals surface area contributed by atoms with Crippen LogP contribution in [0.4, 0.5) is 0 Å². The first-order valence-corrected chi connectivity index (χ1v) is 8.93. The summed E-state index contributed by atoms with van der Waals surface area (Å²) in [4.78, 5) is 11.1. The third-order valence-electron chi connectivity index (χ3n) is 4.16. The van der Waals surface area contributed by atoms with E-state index in [-0.39, 0.29) is 14.5 Å². The number of hydrogen-bond acceptors (Lipinski definition) is 4. The Morgan fingerprint density at radius 1 is 1.50 bits per heavy atom.